The van der Waals surface area contributed by atoms with Gasteiger partial charge in [-0.05, 0) is 31.0 Å². The summed E-state index contributed by atoms with van der Waals surface area (Å²) in [5.41, 5.74) is 7.58. The number of nitrogen functional groups attached to an aromatic ring is 1. The first-order valence-electron chi connectivity index (χ1n) is 5.86. The van der Waals surface area contributed by atoms with E-state index < -0.39 is 0 Å². The van der Waals surface area contributed by atoms with E-state index in [0.717, 1.165) is 16.5 Å². The number of ether oxygens (including phenoxy) is 2. The second-order valence-corrected chi connectivity index (χ2v) is 4.83. The number of rotatable bonds is 6. The van der Waals surface area contributed by atoms with E-state index in [4.69, 9.17) is 15.2 Å². The Morgan fingerprint density at radius 1 is 1.33 bits per heavy atom. The predicted octanol–water partition coefficient (Wildman–Crippen LogP) is 2.92. The lowest BCUT2D eigenvalue weighted by atomic mass is 10.1. The fraction of sp³-hybridized carbons (Fsp3) is 0.462. The van der Waals surface area contributed by atoms with Crippen LogP contribution < -0.4 is 5.73 Å². The number of esters is 1. The zero-order valence-electron chi connectivity index (χ0n) is 10.7. The van der Waals surface area contributed by atoms with Crippen molar-refractivity contribution in [3.63, 3.8) is 0 Å². The summed E-state index contributed by atoms with van der Waals surface area (Å²) in [6.07, 6.45) is 0.954. The van der Waals surface area contributed by atoms with E-state index in [9.17, 15) is 4.79 Å². The molecule has 0 saturated heterocycles. The lowest BCUT2D eigenvalue weighted by Gasteiger charge is -2.10. The van der Waals surface area contributed by atoms with Crippen molar-refractivity contribution in [1.82, 2.24) is 0 Å². The molecule has 1 aromatic carbocycles. The average Bonchev–Trinajstić information content (AvgIpc) is 2.33. The van der Waals surface area contributed by atoms with Crippen LogP contribution in [0.25, 0.3) is 0 Å². The van der Waals surface area contributed by atoms with Crippen LogP contribution in [0.1, 0.15) is 29.3 Å². The molecule has 0 heterocycles. The van der Waals surface area contributed by atoms with Crippen LogP contribution in [0, 0.1) is 6.92 Å². The molecule has 2 N–H and O–H groups in total. The second kappa shape index (κ2) is 7.38. The van der Waals surface area contributed by atoms with E-state index in [2.05, 4.69) is 15.9 Å². The van der Waals surface area contributed by atoms with Gasteiger partial charge in [-0.15, -0.1) is 0 Å². The lowest BCUT2D eigenvalue weighted by Crippen LogP contribution is -2.13. The van der Waals surface area contributed by atoms with Gasteiger partial charge in [0.05, 0.1) is 12.2 Å². The highest BCUT2D eigenvalue weighted by atomic mass is 79.9. The predicted molar refractivity (Wildman–Crippen MR) is 74.7 cm³/mol. The van der Waals surface area contributed by atoms with E-state index in [0.29, 0.717) is 24.5 Å². The molecule has 0 unspecified atom stereocenters. The van der Waals surface area contributed by atoms with Crippen molar-refractivity contribution in [1.29, 1.82) is 0 Å². The SMILES string of the molecule is CCCOCCOC(=O)c1cc(Br)cc(N)c1C. The minimum Gasteiger partial charge on any atom is -0.460 e. The van der Waals surface area contributed by atoms with Crippen molar-refractivity contribution >= 4 is 27.6 Å². The van der Waals surface area contributed by atoms with Crippen LogP contribution in [0.15, 0.2) is 16.6 Å². The van der Waals surface area contributed by atoms with Crippen molar-refractivity contribution in [3.8, 4) is 0 Å². The number of nitrogens with two attached hydrogens (primary N) is 1. The van der Waals surface area contributed by atoms with Gasteiger partial charge in [0.2, 0.25) is 0 Å². The summed E-state index contributed by atoms with van der Waals surface area (Å²) in [4.78, 5) is 11.8. The molecule has 0 aliphatic heterocycles. The van der Waals surface area contributed by atoms with E-state index in [1.165, 1.54) is 0 Å². The Bertz CT molecular complexity index is 421. The van der Waals surface area contributed by atoms with Gasteiger partial charge in [0.1, 0.15) is 6.61 Å². The molecule has 1 rings (SSSR count). The van der Waals surface area contributed by atoms with Gasteiger partial charge in [-0.25, -0.2) is 4.79 Å². The van der Waals surface area contributed by atoms with Crippen LogP contribution in [0.4, 0.5) is 5.69 Å². The summed E-state index contributed by atoms with van der Waals surface area (Å²) in [5, 5.41) is 0. The summed E-state index contributed by atoms with van der Waals surface area (Å²) < 4.78 is 11.1. The molecule has 0 atom stereocenters. The fourth-order valence-corrected chi connectivity index (χ4v) is 1.91. The van der Waals surface area contributed by atoms with Gasteiger partial charge >= 0.3 is 5.97 Å². The van der Waals surface area contributed by atoms with Crippen molar-refractivity contribution in [2.75, 3.05) is 25.6 Å². The number of carbonyl (C=O) groups excluding carboxylic acids is 1. The highest BCUT2D eigenvalue weighted by molar-refractivity contribution is 9.10. The highest BCUT2D eigenvalue weighted by Crippen LogP contribution is 2.23. The molecule has 0 radical (unpaired) electrons. The molecule has 0 aliphatic rings. The Hall–Kier alpha value is -1.07. The minimum absolute atomic E-state index is 0.255. The molecule has 5 heteroatoms. The number of halogens is 1. The first kappa shape index (κ1) is 15.0. The van der Waals surface area contributed by atoms with Crippen molar-refractivity contribution < 1.29 is 14.3 Å². The molecular formula is C13H18BrNO3. The molecule has 0 aromatic heterocycles. The smallest absolute Gasteiger partial charge is 0.338 e. The normalized spacial score (nSPS) is 10.4. The maximum atomic E-state index is 11.8. The molecule has 18 heavy (non-hydrogen) atoms. The second-order valence-electron chi connectivity index (χ2n) is 3.92. The van der Waals surface area contributed by atoms with E-state index in [1.54, 1.807) is 19.1 Å². The molecule has 0 fully saturated rings. The monoisotopic (exact) mass is 315 g/mol. The Labute approximate surface area is 116 Å². The quantitative estimate of drug-likeness (QED) is 0.498. The Balaban J connectivity index is 2.56. The molecule has 0 aliphatic carbocycles. The first-order valence-corrected chi connectivity index (χ1v) is 6.66. The molecule has 0 spiro atoms. The maximum absolute atomic E-state index is 11.8. The molecule has 1 aromatic rings. The van der Waals surface area contributed by atoms with Crippen molar-refractivity contribution in [3.05, 3.63) is 27.7 Å². The number of hydrogen-bond acceptors (Lipinski definition) is 4. The minimum atomic E-state index is -0.374. The molecule has 4 nitrogen and oxygen atoms in total. The number of carbonyl (C=O) groups is 1. The maximum Gasteiger partial charge on any atom is 0.338 e. The van der Waals surface area contributed by atoms with Crippen molar-refractivity contribution in [2.24, 2.45) is 0 Å². The van der Waals surface area contributed by atoms with Crippen LogP contribution in [-0.4, -0.2) is 25.8 Å². The van der Waals surface area contributed by atoms with Crippen LogP contribution in [0.2, 0.25) is 0 Å². The summed E-state index contributed by atoms with van der Waals surface area (Å²) >= 11 is 3.31. The Morgan fingerprint density at radius 3 is 2.72 bits per heavy atom. The number of hydrogen-bond donors (Lipinski definition) is 1. The first-order chi connectivity index (χ1) is 8.56. The van der Waals surface area contributed by atoms with Gasteiger partial charge < -0.3 is 15.2 Å². The van der Waals surface area contributed by atoms with Gasteiger partial charge in [-0.1, -0.05) is 22.9 Å². The van der Waals surface area contributed by atoms with Gasteiger partial charge in [0.15, 0.2) is 0 Å². The van der Waals surface area contributed by atoms with E-state index in [-0.39, 0.29) is 12.6 Å². The average molecular weight is 316 g/mol. The third-order valence-corrected chi connectivity index (χ3v) is 2.90. The summed E-state index contributed by atoms with van der Waals surface area (Å²) in [7, 11) is 0. The summed E-state index contributed by atoms with van der Waals surface area (Å²) in [6.45, 7) is 5.18. The van der Waals surface area contributed by atoms with E-state index in [1.807, 2.05) is 6.92 Å². The van der Waals surface area contributed by atoms with Gasteiger partial charge in [0.25, 0.3) is 0 Å². The zero-order valence-corrected chi connectivity index (χ0v) is 12.2. The number of anilines is 1. The summed E-state index contributed by atoms with van der Waals surface area (Å²) in [6, 6.07) is 3.47. The molecule has 0 saturated carbocycles. The van der Waals surface area contributed by atoms with Crippen LogP contribution in [0.5, 0.6) is 0 Å². The van der Waals surface area contributed by atoms with Gasteiger partial charge in [-0.3, -0.25) is 0 Å². The fourth-order valence-electron chi connectivity index (χ4n) is 1.43. The Kier molecular flexibility index (Phi) is 6.15. The lowest BCUT2D eigenvalue weighted by molar-refractivity contribution is 0.0318. The topological polar surface area (TPSA) is 61.5 Å². The van der Waals surface area contributed by atoms with Gasteiger partial charge in [-0.2, -0.15) is 0 Å². The Morgan fingerprint density at radius 2 is 2.06 bits per heavy atom. The molecular weight excluding hydrogens is 298 g/mol. The largest absolute Gasteiger partial charge is 0.460 e. The highest BCUT2D eigenvalue weighted by Gasteiger charge is 2.13. The number of benzene rings is 1. The van der Waals surface area contributed by atoms with E-state index >= 15 is 0 Å². The van der Waals surface area contributed by atoms with Crippen LogP contribution >= 0.6 is 15.9 Å². The molecule has 100 valence electrons. The van der Waals surface area contributed by atoms with Gasteiger partial charge in [0, 0.05) is 16.8 Å². The van der Waals surface area contributed by atoms with Crippen LogP contribution in [0.3, 0.4) is 0 Å². The van der Waals surface area contributed by atoms with Crippen molar-refractivity contribution in [2.45, 2.75) is 20.3 Å². The third kappa shape index (κ3) is 4.31. The molecule has 0 bridgehead atoms. The standard InChI is InChI=1S/C13H18BrNO3/c1-3-4-17-5-6-18-13(16)11-7-10(14)8-12(15)9(11)2/h7-8H,3-6,15H2,1-2H3. The molecule has 0 amide bonds. The third-order valence-electron chi connectivity index (χ3n) is 2.44. The summed E-state index contributed by atoms with van der Waals surface area (Å²) in [5.74, 6) is -0.374. The van der Waals surface area contributed by atoms with Crippen LogP contribution in [-0.2, 0) is 9.47 Å². The zero-order chi connectivity index (χ0) is 13.5.